The molecule has 162 valence electrons. The van der Waals surface area contributed by atoms with Gasteiger partial charge in [-0.2, -0.15) is 5.10 Å². The lowest BCUT2D eigenvalue weighted by atomic mass is 10.1. The van der Waals surface area contributed by atoms with Gasteiger partial charge in [0.15, 0.2) is 11.5 Å². The SMILES string of the molecule is C=CCN=c1scc(-c2cc(OC)c(OC)c(OC)c2)n1N=Cc1ccc(O)cc1O. The minimum atomic E-state index is -0.0847. The van der Waals surface area contributed by atoms with Crippen molar-refractivity contribution >= 4 is 17.6 Å². The molecule has 0 saturated carbocycles. The minimum Gasteiger partial charge on any atom is -0.508 e. The van der Waals surface area contributed by atoms with Gasteiger partial charge in [0.2, 0.25) is 10.6 Å². The lowest BCUT2D eigenvalue weighted by Crippen LogP contribution is -2.12. The van der Waals surface area contributed by atoms with Crippen LogP contribution in [0.1, 0.15) is 5.56 Å². The fraction of sp³-hybridized carbons (Fsp3) is 0.182. The summed E-state index contributed by atoms with van der Waals surface area (Å²) in [6, 6.07) is 7.95. The fourth-order valence-electron chi connectivity index (χ4n) is 2.85. The molecule has 1 heterocycles. The predicted molar refractivity (Wildman–Crippen MR) is 121 cm³/mol. The highest BCUT2D eigenvalue weighted by Crippen LogP contribution is 2.41. The summed E-state index contributed by atoms with van der Waals surface area (Å²) < 4.78 is 18.0. The highest BCUT2D eigenvalue weighted by Gasteiger charge is 2.17. The van der Waals surface area contributed by atoms with Gasteiger partial charge in [-0.1, -0.05) is 6.08 Å². The van der Waals surface area contributed by atoms with Crippen LogP contribution in [-0.4, -0.2) is 49.0 Å². The normalized spacial score (nSPS) is 11.6. The number of thiazole rings is 1. The molecule has 2 N–H and O–H groups in total. The molecule has 8 nitrogen and oxygen atoms in total. The van der Waals surface area contributed by atoms with E-state index in [1.807, 2.05) is 17.5 Å². The maximum Gasteiger partial charge on any atom is 0.206 e. The summed E-state index contributed by atoms with van der Waals surface area (Å²) in [6.45, 7) is 4.13. The Bertz CT molecular complexity index is 1160. The Labute approximate surface area is 183 Å². The molecule has 3 rings (SSSR count). The van der Waals surface area contributed by atoms with Gasteiger partial charge in [0.05, 0.1) is 39.8 Å². The van der Waals surface area contributed by atoms with Crippen molar-refractivity contribution in [3.05, 3.63) is 58.7 Å². The lowest BCUT2D eigenvalue weighted by Gasteiger charge is -2.14. The zero-order valence-corrected chi connectivity index (χ0v) is 18.2. The van der Waals surface area contributed by atoms with Gasteiger partial charge in [0, 0.05) is 22.6 Å². The summed E-state index contributed by atoms with van der Waals surface area (Å²) in [7, 11) is 4.66. The first kappa shape index (κ1) is 22.0. The number of benzene rings is 2. The zero-order valence-electron chi connectivity index (χ0n) is 17.4. The van der Waals surface area contributed by atoms with Gasteiger partial charge in [0.1, 0.15) is 11.5 Å². The maximum absolute atomic E-state index is 10.1. The van der Waals surface area contributed by atoms with E-state index in [1.54, 1.807) is 38.1 Å². The van der Waals surface area contributed by atoms with Gasteiger partial charge in [-0.25, -0.2) is 4.68 Å². The Kier molecular flexibility index (Phi) is 6.99. The second-order valence-corrected chi connectivity index (χ2v) is 7.08. The van der Waals surface area contributed by atoms with Crippen molar-refractivity contribution in [2.45, 2.75) is 0 Å². The van der Waals surface area contributed by atoms with Gasteiger partial charge >= 0.3 is 0 Å². The van der Waals surface area contributed by atoms with Crippen LogP contribution in [0.2, 0.25) is 0 Å². The number of hydrogen-bond donors (Lipinski definition) is 2. The fourth-order valence-corrected chi connectivity index (χ4v) is 3.70. The number of methoxy groups -OCH3 is 3. The van der Waals surface area contributed by atoms with Crippen LogP contribution in [0.4, 0.5) is 0 Å². The average molecular weight is 442 g/mol. The van der Waals surface area contributed by atoms with Crippen LogP contribution in [-0.2, 0) is 0 Å². The van der Waals surface area contributed by atoms with Gasteiger partial charge in [0.25, 0.3) is 0 Å². The molecule has 9 heteroatoms. The van der Waals surface area contributed by atoms with Gasteiger partial charge in [-0.15, -0.1) is 17.9 Å². The summed E-state index contributed by atoms with van der Waals surface area (Å²) in [5.41, 5.74) is 1.96. The van der Waals surface area contributed by atoms with Crippen molar-refractivity contribution in [3.8, 4) is 40.0 Å². The number of phenolic OH excluding ortho intramolecular Hbond substituents is 2. The third-order valence-electron chi connectivity index (χ3n) is 4.33. The smallest absolute Gasteiger partial charge is 0.206 e. The van der Waals surface area contributed by atoms with Crippen LogP contribution in [0.5, 0.6) is 28.7 Å². The monoisotopic (exact) mass is 441 g/mol. The number of hydrogen-bond acceptors (Lipinski definition) is 8. The Morgan fingerprint density at radius 2 is 1.77 bits per heavy atom. The molecule has 0 atom stereocenters. The van der Waals surface area contributed by atoms with E-state index in [9.17, 15) is 10.2 Å². The van der Waals surface area contributed by atoms with Crippen molar-refractivity contribution in [1.82, 2.24) is 4.68 Å². The molecule has 0 aliphatic heterocycles. The summed E-state index contributed by atoms with van der Waals surface area (Å²) in [5.74, 6) is 1.40. The Morgan fingerprint density at radius 3 is 2.35 bits per heavy atom. The van der Waals surface area contributed by atoms with E-state index in [-0.39, 0.29) is 11.5 Å². The second-order valence-electron chi connectivity index (χ2n) is 6.25. The van der Waals surface area contributed by atoms with Crippen molar-refractivity contribution in [2.24, 2.45) is 10.1 Å². The second kappa shape index (κ2) is 9.86. The highest BCUT2D eigenvalue weighted by molar-refractivity contribution is 7.07. The third-order valence-corrected chi connectivity index (χ3v) is 5.18. The molecule has 0 unspecified atom stereocenters. The molecular formula is C22H23N3O5S. The topological polar surface area (TPSA) is 97.8 Å². The van der Waals surface area contributed by atoms with E-state index in [0.717, 1.165) is 11.3 Å². The first-order chi connectivity index (χ1) is 15.0. The Balaban J connectivity index is 2.17. The van der Waals surface area contributed by atoms with E-state index in [4.69, 9.17) is 14.2 Å². The van der Waals surface area contributed by atoms with E-state index >= 15 is 0 Å². The van der Waals surface area contributed by atoms with Crippen molar-refractivity contribution in [3.63, 3.8) is 0 Å². The van der Waals surface area contributed by atoms with E-state index in [2.05, 4.69) is 16.7 Å². The number of nitrogens with zero attached hydrogens (tertiary/aromatic N) is 3. The van der Waals surface area contributed by atoms with Gasteiger partial charge in [-0.05, 0) is 24.3 Å². The van der Waals surface area contributed by atoms with E-state index in [0.29, 0.717) is 34.2 Å². The van der Waals surface area contributed by atoms with Gasteiger partial charge in [-0.3, -0.25) is 4.99 Å². The number of rotatable bonds is 8. The maximum atomic E-state index is 10.1. The summed E-state index contributed by atoms with van der Waals surface area (Å²) in [5, 5.41) is 26.0. The van der Waals surface area contributed by atoms with E-state index < -0.39 is 0 Å². The van der Waals surface area contributed by atoms with Crippen LogP contribution in [0, 0.1) is 0 Å². The summed E-state index contributed by atoms with van der Waals surface area (Å²) in [4.78, 5) is 5.14. The molecule has 0 bridgehead atoms. The molecule has 1 aromatic heterocycles. The molecule has 0 aliphatic rings. The molecule has 0 fully saturated rings. The number of aromatic nitrogens is 1. The molecule has 0 radical (unpaired) electrons. The number of aromatic hydroxyl groups is 2. The summed E-state index contributed by atoms with van der Waals surface area (Å²) in [6.07, 6.45) is 3.19. The van der Waals surface area contributed by atoms with Crippen molar-refractivity contribution < 1.29 is 24.4 Å². The first-order valence-electron chi connectivity index (χ1n) is 9.21. The van der Waals surface area contributed by atoms with Gasteiger partial charge < -0.3 is 24.4 Å². The van der Waals surface area contributed by atoms with Crippen LogP contribution < -0.4 is 19.0 Å². The molecule has 0 saturated heterocycles. The molecule has 0 aliphatic carbocycles. The Morgan fingerprint density at radius 1 is 1.06 bits per heavy atom. The van der Waals surface area contributed by atoms with Crippen molar-refractivity contribution in [1.29, 1.82) is 0 Å². The Hall–Kier alpha value is -3.72. The van der Waals surface area contributed by atoms with Crippen LogP contribution >= 0.6 is 11.3 Å². The van der Waals surface area contributed by atoms with Crippen LogP contribution in [0.25, 0.3) is 11.3 Å². The molecule has 31 heavy (non-hydrogen) atoms. The number of ether oxygens (including phenoxy) is 3. The average Bonchev–Trinajstić information content (AvgIpc) is 3.18. The third kappa shape index (κ3) is 4.72. The van der Waals surface area contributed by atoms with Crippen LogP contribution in [0.3, 0.4) is 0 Å². The molecule has 3 aromatic rings. The predicted octanol–water partition coefficient (Wildman–Crippen LogP) is 3.62. The van der Waals surface area contributed by atoms with Crippen molar-refractivity contribution in [2.75, 3.05) is 27.9 Å². The molecule has 0 spiro atoms. The van der Waals surface area contributed by atoms with Crippen LogP contribution in [0.15, 0.2) is 58.5 Å². The quantitative estimate of drug-likeness (QED) is 0.411. The summed E-state index contributed by atoms with van der Waals surface area (Å²) >= 11 is 1.41. The standard InChI is InChI=1S/C22H23N3O5S/c1-5-8-23-22-25(24-12-14-6-7-16(26)11-18(14)27)17(13-31-22)15-9-19(28-2)21(30-4)20(10-15)29-3/h5-7,9-13,26-27H,1,8H2,2-4H3. The molecular weight excluding hydrogens is 418 g/mol. The molecule has 2 aromatic carbocycles. The highest BCUT2D eigenvalue weighted by atomic mass is 32.1. The first-order valence-corrected chi connectivity index (χ1v) is 10.1. The zero-order chi connectivity index (χ0) is 22.4. The molecule has 0 amide bonds. The minimum absolute atomic E-state index is 0.0300. The lowest BCUT2D eigenvalue weighted by molar-refractivity contribution is 0.324. The number of phenols is 2. The largest absolute Gasteiger partial charge is 0.508 e. The van der Waals surface area contributed by atoms with E-state index in [1.165, 1.54) is 29.7 Å².